The van der Waals surface area contributed by atoms with Gasteiger partial charge in [0.15, 0.2) is 0 Å². The number of amidine groups is 1. The molecule has 0 aliphatic heterocycles. The van der Waals surface area contributed by atoms with Crippen molar-refractivity contribution >= 4 is 29.7 Å². The van der Waals surface area contributed by atoms with Crippen molar-refractivity contribution in [3.8, 4) is 5.88 Å². The zero-order valence-electron chi connectivity index (χ0n) is 22.9. The van der Waals surface area contributed by atoms with Crippen LogP contribution in [0.3, 0.4) is 0 Å². The number of nitrogen functional groups attached to an aromatic ring is 1. The van der Waals surface area contributed by atoms with Gasteiger partial charge in [-0.3, -0.25) is 15.0 Å². The molecule has 12 heteroatoms. The molecule has 0 bridgehead atoms. The molecule has 6 N–H and O–H groups in total. The van der Waals surface area contributed by atoms with Crippen molar-refractivity contribution in [2.75, 3.05) is 5.32 Å². The van der Waals surface area contributed by atoms with Crippen LogP contribution in [-0.4, -0.2) is 47.8 Å². The van der Waals surface area contributed by atoms with Crippen LogP contribution in [0.4, 0.5) is 5.82 Å². The molecular formula is C29H33N7O5. The SMILES string of the molecule is Cc1cc(C(=N)N)cc(C)c1CNc1cc(OCc2cn3cc(C4CC4)ccc3n2)nc(CCC(=O)O)n1.O=CO. The van der Waals surface area contributed by atoms with Gasteiger partial charge in [0.25, 0.3) is 6.47 Å². The van der Waals surface area contributed by atoms with Gasteiger partial charge in [-0.1, -0.05) is 6.07 Å². The highest BCUT2D eigenvalue weighted by Gasteiger charge is 2.23. The minimum atomic E-state index is -0.915. The average Bonchev–Trinajstić information content (AvgIpc) is 3.69. The number of anilines is 1. The number of ether oxygens (including phenoxy) is 1. The number of hydrogen-bond acceptors (Lipinski definition) is 8. The van der Waals surface area contributed by atoms with Gasteiger partial charge in [0, 0.05) is 37.0 Å². The average molecular weight is 560 g/mol. The Balaban J connectivity index is 0.00000124. The van der Waals surface area contributed by atoms with Crippen molar-refractivity contribution in [3.05, 3.63) is 82.1 Å². The summed E-state index contributed by atoms with van der Waals surface area (Å²) < 4.78 is 8.02. The second-order valence-corrected chi connectivity index (χ2v) is 9.89. The first kappa shape index (κ1) is 29.0. The van der Waals surface area contributed by atoms with Gasteiger partial charge in [-0.15, -0.1) is 0 Å². The molecule has 1 fully saturated rings. The lowest BCUT2D eigenvalue weighted by atomic mass is 9.99. The summed E-state index contributed by atoms with van der Waals surface area (Å²) in [5.74, 6) is 1.05. The van der Waals surface area contributed by atoms with Gasteiger partial charge in [-0.05, 0) is 73.1 Å². The van der Waals surface area contributed by atoms with Gasteiger partial charge in [0.05, 0.1) is 12.1 Å². The number of rotatable bonds is 11. The van der Waals surface area contributed by atoms with Crippen molar-refractivity contribution in [2.45, 2.75) is 58.6 Å². The van der Waals surface area contributed by atoms with Crippen molar-refractivity contribution in [1.29, 1.82) is 5.41 Å². The van der Waals surface area contributed by atoms with Gasteiger partial charge < -0.3 is 30.4 Å². The maximum atomic E-state index is 11.1. The Bertz CT molecular complexity index is 1560. The maximum absolute atomic E-state index is 11.1. The third kappa shape index (κ3) is 7.78. The third-order valence-electron chi connectivity index (χ3n) is 6.71. The van der Waals surface area contributed by atoms with E-state index in [4.69, 9.17) is 30.9 Å². The van der Waals surface area contributed by atoms with Crippen LogP contribution in [0.15, 0.2) is 42.7 Å². The van der Waals surface area contributed by atoms with E-state index < -0.39 is 5.97 Å². The second-order valence-electron chi connectivity index (χ2n) is 9.89. The number of nitrogens with two attached hydrogens (primary N) is 1. The van der Waals surface area contributed by atoms with Gasteiger partial charge in [0.2, 0.25) is 5.88 Å². The number of pyridine rings is 1. The molecule has 41 heavy (non-hydrogen) atoms. The molecular weight excluding hydrogens is 526 g/mol. The Labute approximate surface area is 236 Å². The van der Waals surface area contributed by atoms with Crippen molar-refractivity contribution in [3.63, 3.8) is 0 Å². The van der Waals surface area contributed by atoms with E-state index in [-0.39, 0.29) is 31.8 Å². The molecule has 214 valence electrons. The molecule has 12 nitrogen and oxygen atoms in total. The van der Waals surface area contributed by atoms with E-state index in [0.29, 0.717) is 35.5 Å². The Kier molecular flexibility index (Phi) is 9.12. The van der Waals surface area contributed by atoms with Crippen LogP contribution in [-0.2, 0) is 29.2 Å². The summed E-state index contributed by atoms with van der Waals surface area (Å²) in [7, 11) is 0. The van der Waals surface area contributed by atoms with Crippen LogP contribution in [0.2, 0.25) is 0 Å². The van der Waals surface area contributed by atoms with E-state index in [1.807, 2.05) is 42.6 Å². The van der Waals surface area contributed by atoms with E-state index in [1.54, 1.807) is 6.07 Å². The highest BCUT2D eigenvalue weighted by atomic mass is 16.5. The molecule has 0 spiro atoms. The van der Waals surface area contributed by atoms with E-state index in [9.17, 15) is 4.79 Å². The quantitative estimate of drug-likeness (QED) is 0.103. The number of carboxylic acid groups (broad SMARTS) is 2. The number of nitrogens with zero attached hydrogens (tertiary/aromatic N) is 4. The highest BCUT2D eigenvalue weighted by Crippen LogP contribution is 2.39. The smallest absolute Gasteiger partial charge is 0.303 e. The van der Waals surface area contributed by atoms with Gasteiger partial charge in [-0.25, -0.2) is 9.97 Å². The zero-order valence-corrected chi connectivity index (χ0v) is 22.9. The minimum absolute atomic E-state index is 0.0327. The molecule has 3 aromatic heterocycles. The minimum Gasteiger partial charge on any atom is -0.483 e. The van der Waals surface area contributed by atoms with Crippen molar-refractivity contribution in [2.24, 2.45) is 5.73 Å². The van der Waals surface area contributed by atoms with Gasteiger partial charge in [-0.2, -0.15) is 4.98 Å². The molecule has 1 aliphatic rings. The monoisotopic (exact) mass is 559 g/mol. The first-order valence-corrected chi connectivity index (χ1v) is 13.1. The highest BCUT2D eigenvalue weighted by molar-refractivity contribution is 5.95. The van der Waals surface area contributed by atoms with Crippen LogP contribution in [0, 0.1) is 19.3 Å². The zero-order chi connectivity index (χ0) is 29.5. The van der Waals surface area contributed by atoms with Crippen LogP contribution in [0.5, 0.6) is 5.88 Å². The molecule has 5 rings (SSSR count). The molecule has 1 saturated carbocycles. The van der Waals surface area contributed by atoms with E-state index in [2.05, 4.69) is 32.5 Å². The molecule has 1 aliphatic carbocycles. The van der Waals surface area contributed by atoms with E-state index >= 15 is 0 Å². The lowest BCUT2D eigenvalue weighted by Crippen LogP contribution is -2.13. The molecule has 0 radical (unpaired) electrons. The molecule has 4 aromatic rings. The number of hydrogen-bond donors (Lipinski definition) is 5. The van der Waals surface area contributed by atoms with Gasteiger partial charge >= 0.3 is 5.97 Å². The Morgan fingerprint density at radius 1 is 1.17 bits per heavy atom. The maximum Gasteiger partial charge on any atom is 0.303 e. The fraction of sp³-hybridized carbons (Fsp3) is 0.310. The fourth-order valence-electron chi connectivity index (χ4n) is 4.51. The van der Waals surface area contributed by atoms with E-state index in [1.165, 1.54) is 18.4 Å². The Morgan fingerprint density at radius 3 is 2.51 bits per heavy atom. The normalized spacial score (nSPS) is 12.3. The molecule has 3 heterocycles. The number of aromatic nitrogens is 4. The molecule has 1 aromatic carbocycles. The number of aliphatic carboxylic acids is 1. The van der Waals surface area contributed by atoms with Crippen molar-refractivity contribution < 1.29 is 24.5 Å². The Hall–Kier alpha value is -5.00. The number of benzene rings is 1. The number of imidazole rings is 1. The number of nitrogens with one attached hydrogen (secondary N) is 2. The number of aryl methyl sites for hydroxylation is 3. The summed E-state index contributed by atoms with van der Waals surface area (Å²) in [6, 6.07) is 9.66. The molecule has 0 unspecified atom stereocenters. The number of carbonyl (C=O) groups is 2. The van der Waals surface area contributed by atoms with Crippen LogP contribution >= 0.6 is 0 Å². The van der Waals surface area contributed by atoms with Gasteiger partial charge in [0.1, 0.15) is 29.7 Å². The predicted molar refractivity (Wildman–Crippen MR) is 152 cm³/mol. The van der Waals surface area contributed by atoms with Crippen molar-refractivity contribution in [1.82, 2.24) is 19.4 Å². The Morgan fingerprint density at radius 2 is 1.88 bits per heavy atom. The van der Waals surface area contributed by atoms with E-state index in [0.717, 1.165) is 28.0 Å². The second kappa shape index (κ2) is 12.9. The number of fused-ring (bicyclic) bond motifs is 1. The lowest BCUT2D eigenvalue weighted by molar-refractivity contribution is -0.137. The third-order valence-corrected chi connectivity index (χ3v) is 6.71. The summed E-state index contributed by atoms with van der Waals surface area (Å²) >= 11 is 0. The number of carboxylic acids is 1. The summed E-state index contributed by atoms with van der Waals surface area (Å²) in [4.78, 5) is 33.1. The first-order chi connectivity index (χ1) is 19.7. The molecule has 0 atom stereocenters. The molecule has 0 amide bonds. The topological polar surface area (TPSA) is 189 Å². The summed E-state index contributed by atoms with van der Waals surface area (Å²) in [5.41, 5.74) is 12.4. The summed E-state index contributed by atoms with van der Waals surface area (Å²) in [5, 5.41) is 27.0. The van der Waals surface area contributed by atoms with Crippen LogP contribution in [0.1, 0.15) is 64.5 Å². The largest absolute Gasteiger partial charge is 0.483 e. The fourth-order valence-corrected chi connectivity index (χ4v) is 4.51. The standard InChI is InChI=1S/C28H31N7O3.CH2O2/c1-16-9-20(28(29)30)10-17(2)22(16)12-31-24-11-26(34-23(33-24)6-8-27(36)37)38-15-21-14-35-13-19(18-3-4-18)5-7-25(35)32-21;2-1-3/h5,7,9-11,13-14,18H,3-4,6,8,12,15H2,1-2H3,(H3,29,30)(H,36,37)(H,31,33,34);1H,(H,2,3). The van der Waals surface area contributed by atoms with Crippen LogP contribution < -0.4 is 15.8 Å². The predicted octanol–water partition coefficient (Wildman–Crippen LogP) is 3.81. The lowest BCUT2D eigenvalue weighted by Gasteiger charge is -2.15. The first-order valence-electron chi connectivity index (χ1n) is 13.1. The van der Waals surface area contributed by atoms with Crippen LogP contribution in [0.25, 0.3) is 5.65 Å². The summed E-state index contributed by atoms with van der Waals surface area (Å²) in [6.07, 6.45) is 6.69. The summed E-state index contributed by atoms with van der Waals surface area (Å²) in [6.45, 7) is 4.41. The molecule has 0 saturated heterocycles.